The van der Waals surface area contributed by atoms with Crippen molar-refractivity contribution in [3.63, 3.8) is 0 Å². The number of guanidine groups is 1. The van der Waals surface area contributed by atoms with Gasteiger partial charge in [0.05, 0.1) is 12.6 Å². The molecule has 1 atom stereocenters. The average Bonchev–Trinajstić information content (AvgIpc) is 2.71. The van der Waals surface area contributed by atoms with Gasteiger partial charge in [-0.05, 0) is 30.4 Å². The van der Waals surface area contributed by atoms with Crippen molar-refractivity contribution in [1.29, 1.82) is 0 Å². The molecule has 0 aromatic heterocycles. The molecule has 1 fully saturated rings. The van der Waals surface area contributed by atoms with Gasteiger partial charge in [0.15, 0.2) is 5.96 Å². The summed E-state index contributed by atoms with van der Waals surface area (Å²) in [6, 6.07) is 8.64. The lowest BCUT2D eigenvalue weighted by atomic mass is 10.00. The monoisotopic (exact) mass is 401 g/mol. The minimum Gasteiger partial charge on any atom is -0.390 e. The molecule has 162 valence electrons. The molecule has 0 aliphatic carbocycles. The molecule has 2 heterocycles. The lowest BCUT2D eigenvalue weighted by molar-refractivity contribution is 0.111. The molecule has 3 rings (SSSR count). The van der Waals surface area contributed by atoms with Crippen LogP contribution in [0.2, 0.25) is 0 Å². The van der Waals surface area contributed by atoms with Crippen LogP contribution in [0.5, 0.6) is 0 Å². The molecule has 0 saturated carbocycles. The number of hydrogen-bond donors (Lipinski definition) is 2. The van der Waals surface area contributed by atoms with E-state index in [-0.39, 0.29) is 0 Å². The van der Waals surface area contributed by atoms with Gasteiger partial charge in [-0.15, -0.1) is 0 Å². The third-order valence-electron chi connectivity index (χ3n) is 5.76. The van der Waals surface area contributed by atoms with E-state index in [1.165, 1.54) is 17.7 Å². The fourth-order valence-electron chi connectivity index (χ4n) is 4.34. The summed E-state index contributed by atoms with van der Waals surface area (Å²) in [7, 11) is 0. The van der Waals surface area contributed by atoms with Crippen molar-refractivity contribution < 1.29 is 5.11 Å². The minimum absolute atomic E-state index is 0.434. The van der Waals surface area contributed by atoms with Gasteiger partial charge in [0.25, 0.3) is 0 Å². The number of nitrogens with zero attached hydrogens (tertiary/aromatic N) is 4. The Morgan fingerprint density at radius 1 is 1.03 bits per heavy atom. The van der Waals surface area contributed by atoms with Gasteiger partial charge in [-0.1, -0.05) is 38.1 Å². The normalized spacial score (nSPS) is 20.0. The first-order valence-electron chi connectivity index (χ1n) is 11.3. The molecule has 1 aromatic rings. The van der Waals surface area contributed by atoms with E-state index >= 15 is 0 Å². The van der Waals surface area contributed by atoms with E-state index in [4.69, 9.17) is 4.99 Å². The number of benzene rings is 1. The zero-order valence-electron chi connectivity index (χ0n) is 18.5. The van der Waals surface area contributed by atoms with Gasteiger partial charge < -0.3 is 15.3 Å². The molecule has 1 aromatic carbocycles. The fraction of sp³-hybridized carbons (Fsp3) is 0.696. The molecule has 1 unspecified atom stereocenters. The van der Waals surface area contributed by atoms with Crippen LogP contribution in [0.4, 0.5) is 0 Å². The smallest absolute Gasteiger partial charge is 0.194 e. The van der Waals surface area contributed by atoms with Crippen molar-refractivity contribution in [1.82, 2.24) is 20.0 Å². The highest BCUT2D eigenvalue weighted by molar-refractivity contribution is 5.80. The Hall–Kier alpha value is -1.63. The van der Waals surface area contributed by atoms with Crippen molar-refractivity contribution >= 4 is 5.96 Å². The molecule has 0 spiro atoms. The van der Waals surface area contributed by atoms with Crippen molar-refractivity contribution in [3.05, 3.63) is 35.4 Å². The van der Waals surface area contributed by atoms with Crippen LogP contribution < -0.4 is 5.32 Å². The molecule has 2 aliphatic heterocycles. The first-order chi connectivity index (χ1) is 14.0. The molecular weight excluding hydrogens is 362 g/mol. The van der Waals surface area contributed by atoms with Crippen LogP contribution in [0.15, 0.2) is 29.3 Å². The third kappa shape index (κ3) is 6.69. The van der Waals surface area contributed by atoms with Crippen LogP contribution in [0, 0.1) is 5.92 Å². The average molecular weight is 402 g/mol. The van der Waals surface area contributed by atoms with Crippen molar-refractivity contribution in [2.24, 2.45) is 10.9 Å². The van der Waals surface area contributed by atoms with Gasteiger partial charge in [0.1, 0.15) is 0 Å². The van der Waals surface area contributed by atoms with Crippen LogP contribution in [0.3, 0.4) is 0 Å². The first-order valence-corrected chi connectivity index (χ1v) is 11.3. The van der Waals surface area contributed by atoms with E-state index < -0.39 is 6.10 Å². The maximum Gasteiger partial charge on any atom is 0.194 e. The van der Waals surface area contributed by atoms with Crippen LogP contribution in [0.1, 0.15) is 31.9 Å². The molecule has 6 heteroatoms. The van der Waals surface area contributed by atoms with Crippen LogP contribution in [-0.4, -0.2) is 90.8 Å². The SMILES string of the molecule is CCNC(=NCC(O)CN1CCc2ccccc2C1)N1CCN(CC(C)C)CC1. The maximum absolute atomic E-state index is 10.6. The maximum atomic E-state index is 10.6. The number of β-amino-alcohol motifs (C(OH)–C–C–N with tert-alkyl or cyclic N) is 1. The molecule has 0 amide bonds. The van der Waals surface area contributed by atoms with E-state index in [0.29, 0.717) is 19.0 Å². The minimum atomic E-state index is -0.434. The largest absolute Gasteiger partial charge is 0.390 e. The van der Waals surface area contributed by atoms with Gasteiger partial charge in [-0.2, -0.15) is 0 Å². The molecule has 0 radical (unpaired) electrons. The van der Waals surface area contributed by atoms with Crippen LogP contribution >= 0.6 is 0 Å². The van der Waals surface area contributed by atoms with Crippen LogP contribution in [0.25, 0.3) is 0 Å². The van der Waals surface area contributed by atoms with E-state index in [2.05, 4.69) is 65.1 Å². The van der Waals surface area contributed by atoms with Gasteiger partial charge in [-0.25, -0.2) is 0 Å². The van der Waals surface area contributed by atoms with Gasteiger partial charge >= 0.3 is 0 Å². The Balaban J connectivity index is 1.48. The summed E-state index contributed by atoms with van der Waals surface area (Å²) in [4.78, 5) is 12.0. The predicted octanol–water partition coefficient (Wildman–Crippen LogP) is 1.64. The zero-order chi connectivity index (χ0) is 20.6. The lowest BCUT2D eigenvalue weighted by Crippen LogP contribution is -2.53. The zero-order valence-corrected chi connectivity index (χ0v) is 18.5. The predicted molar refractivity (Wildman–Crippen MR) is 120 cm³/mol. The van der Waals surface area contributed by atoms with Crippen molar-refractivity contribution in [2.45, 2.75) is 39.8 Å². The van der Waals surface area contributed by atoms with E-state index in [1.807, 2.05) is 0 Å². The highest BCUT2D eigenvalue weighted by Gasteiger charge is 2.21. The third-order valence-corrected chi connectivity index (χ3v) is 5.76. The molecule has 2 aliphatic rings. The summed E-state index contributed by atoms with van der Waals surface area (Å²) in [5.41, 5.74) is 2.84. The van der Waals surface area contributed by atoms with E-state index in [1.54, 1.807) is 0 Å². The lowest BCUT2D eigenvalue weighted by Gasteiger charge is -2.37. The first kappa shape index (κ1) is 22.1. The summed E-state index contributed by atoms with van der Waals surface area (Å²) in [6.45, 7) is 15.9. The summed E-state index contributed by atoms with van der Waals surface area (Å²) >= 11 is 0. The second-order valence-electron chi connectivity index (χ2n) is 8.78. The standard InChI is InChI=1S/C23H39N5O/c1-4-24-23(28-13-11-26(12-14-28)16-19(2)3)25-15-22(29)18-27-10-9-20-7-5-6-8-21(20)17-27/h5-8,19,22,29H,4,9-18H2,1-3H3,(H,24,25). The Morgan fingerprint density at radius 2 is 1.76 bits per heavy atom. The number of aliphatic hydroxyl groups excluding tert-OH is 1. The molecule has 2 N–H and O–H groups in total. The summed E-state index contributed by atoms with van der Waals surface area (Å²) < 4.78 is 0. The van der Waals surface area contributed by atoms with Gasteiger partial charge in [0.2, 0.25) is 0 Å². The highest BCUT2D eigenvalue weighted by atomic mass is 16.3. The Kier molecular flexibility index (Phi) is 8.33. The van der Waals surface area contributed by atoms with E-state index in [9.17, 15) is 5.11 Å². The van der Waals surface area contributed by atoms with Gasteiger partial charge in [-0.3, -0.25) is 14.8 Å². The summed E-state index contributed by atoms with van der Waals surface area (Å²) in [6.07, 6.45) is 0.631. The topological polar surface area (TPSA) is 54.3 Å². The Morgan fingerprint density at radius 3 is 2.45 bits per heavy atom. The van der Waals surface area contributed by atoms with Gasteiger partial charge in [0, 0.05) is 58.9 Å². The number of aliphatic imine (C=N–C) groups is 1. The van der Waals surface area contributed by atoms with Crippen molar-refractivity contribution in [2.75, 3.05) is 58.9 Å². The molecule has 0 bridgehead atoms. The quantitative estimate of drug-likeness (QED) is 0.537. The highest BCUT2D eigenvalue weighted by Crippen LogP contribution is 2.18. The molecule has 1 saturated heterocycles. The number of nitrogens with one attached hydrogen (secondary N) is 1. The van der Waals surface area contributed by atoms with Crippen LogP contribution in [-0.2, 0) is 13.0 Å². The molecule has 6 nitrogen and oxygen atoms in total. The summed E-state index contributed by atoms with van der Waals surface area (Å²) in [5, 5.41) is 14.0. The number of rotatable bonds is 7. The number of aliphatic hydroxyl groups is 1. The second-order valence-corrected chi connectivity index (χ2v) is 8.78. The van der Waals surface area contributed by atoms with E-state index in [0.717, 1.165) is 58.2 Å². The Labute approximate surface area is 176 Å². The number of piperazine rings is 1. The Bertz CT molecular complexity index is 654. The number of fused-ring (bicyclic) bond motifs is 1. The number of hydrogen-bond acceptors (Lipinski definition) is 4. The fourth-order valence-corrected chi connectivity index (χ4v) is 4.34. The molecule has 29 heavy (non-hydrogen) atoms. The van der Waals surface area contributed by atoms with Crippen molar-refractivity contribution in [3.8, 4) is 0 Å². The molecular formula is C23H39N5O. The summed E-state index contributed by atoms with van der Waals surface area (Å²) in [5.74, 6) is 1.65. The second kappa shape index (κ2) is 11.0.